The largest absolute Gasteiger partial charge is 0.459 e. The lowest BCUT2D eigenvalue weighted by Crippen LogP contribution is -2.35. The summed E-state index contributed by atoms with van der Waals surface area (Å²) >= 11 is 0. The standard InChI is InChI=1S/C12H22NO2/c1-6-7-8-9-13-10(2)11(14)15-12(3,4)5/h6,10H,1,7-9H2,2-5H3/t10-/m0/s1. The van der Waals surface area contributed by atoms with Crippen LogP contribution in [0, 0.1) is 0 Å². The van der Waals surface area contributed by atoms with Gasteiger partial charge in [-0.25, -0.2) is 5.32 Å². The van der Waals surface area contributed by atoms with Gasteiger partial charge in [0.25, 0.3) is 0 Å². The van der Waals surface area contributed by atoms with Crippen LogP contribution < -0.4 is 5.32 Å². The van der Waals surface area contributed by atoms with Gasteiger partial charge in [0.05, 0.1) is 0 Å². The van der Waals surface area contributed by atoms with Crippen molar-refractivity contribution in [3.8, 4) is 0 Å². The average Bonchev–Trinajstić information content (AvgIpc) is 2.09. The van der Waals surface area contributed by atoms with E-state index in [9.17, 15) is 4.79 Å². The molecule has 0 amide bonds. The number of carbonyl (C=O) groups is 1. The zero-order valence-electron chi connectivity index (χ0n) is 10.2. The fraction of sp³-hybridized carbons (Fsp3) is 0.750. The van der Waals surface area contributed by atoms with Gasteiger partial charge in [-0.3, -0.25) is 4.79 Å². The van der Waals surface area contributed by atoms with Crippen molar-refractivity contribution >= 4 is 5.97 Å². The molecule has 0 aliphatic carbocycles. The minimum atomic E-state index is -0.429. The van der Waals surface area contributed by atoms with Crippen LogP contribution in [0.4, 0.5) is 0 Å². The predicted molar refractivity (Wildman–Crippen MR) is 61.7 cm³/mol. The third-order valence-corrected chi connectivity index (χ3v) is 1.72. The van der Waals surface area contributed by atoms with E-state index in [0.717, 1.165) is 12.8 Å². The molecule has 3 nitrogen and oxygen atoms in total. The number of esters is 1. The second-order valence-corrected chi connectivity index (χ2v) is 4.55. The van der Waals surface area contributed by atoms with E-state index in [1.165, 1.54) is 0 Å². The van der Waals surface area contributed by atoms with E-state index in [1.54, 1.807) is 6.92 Å². The number of allylic oxidation sites excluding steroid dienone is 1. The first-order valence-corrected chi connectivity index (χ1v) is 5.37. The lowest BCUT2D eigenvalue weighted by Gasteiger charge is -2.22. The molecule has 0 N–H and O–H groups in total. The SMILES string of the molecule is C=CCCC[N][C@@H](C)C(=O)OC(C)(C)C. The molecule has 0 saturated carbocycles. The smallest absolute Gasteiger partial charge is 0.325 e. The van der Waals surface area contributed by atoms with Gasteiger partial charge in [0.15, 0.2) is 0 Å². The quantitative estimate of drug-likeness (QED) is 0.385. The molecule has 0 heterocycles. The Morgan fingerprint density at radius 1 is 1.53 bits per heavy atom. The third-order valence-electron chi connectivity index (χ3n) is 1.72. The number of hydrogen-bond donors (Lipinski definition) is 0. The van der Waals surface area contributed by atoms with E-state index < -0.39 is 5.60 Å². The number of unbranched alkanes of at least 4 members (excludes halogenated alkanes) is 1. The van der Waals surface area contributed by atoms with Crippen molar-refractivity contribution in [3.63, 3.8) is 0 Å². The van der Waals surface area contributed by atoms with Crippen LogP contribution in [0.2, 0.25) is 0 Å². The maximum atomic E-state index is 11.5. The highest BCUT2D eigenvalue weighted by Gasteiger charge is 2.21. The van der Waals surface area contributed by atoms with Crippen molar-refractivity contribution in [1.82, 2.24) is 5.32 Å². The van der Waals surface area contributed by atoms with Crippen LogP contribution in [-0.2, 0) is 9.53 Å². The molecule has 0 fully saturated rings. The molecule has 1 radical (unpaired) electrons. The molecule has 3 heteroatoms. The van der Waals surface area contributed by atoms with Crippen molar-refractivity contribution < 1.29 is 9.53 Å². The number of carbonyl (C=O) groups excluding carboxylic acids is 1. The molecule has 1 atom stereocenters. The molecule has 0 aliphatic heterocycles. The molecule has 87 valence electrons. The Kier molecular flexibility index (Phi) is 6.25. The maximum Gasteiger partial charge on any atom is 0.325 e. The molecule has 0 rings (SSSR count). The van der Waals surface area contributed by atoms with E-state index in [2.05, 4.69) is 11.9 Å². The monoisotopic (exact) mass is 212 g/mol. The molecule has 0 unspecified atom stereocenters. The highest BCUT2D eigenvalue weighted by Crippen LogP contribution is 2.08. The van der Waals surface area contributed by atoms with Gasteiger partial charge >= 0.3 is 5.97 Å². The summed E-state index contributed by atoms with van der Waals surface area (Å²) in [5, 5.41) is 4.22. The Morgan fingerprint density at radius 3 is 2.60 bits per heavy atom. The van der Waals surface area contributed by atoms with Crippen molar-refractivity contribution in [2.24, 2.45) is 0 Å². The van der Waals surface area contributed by atoms with Crippen molar-refractivity contribution in [1.29, 1.82) is 0 Å². The Hall–Kier alpha value is -0.830. The Labute approximate surface area is 92.9 Å². The first kappa shape index (κ1) is 14.2. The maximum absolute atomic E-state index is 11.5. The average molecular weight is 212 g/mol. The fourth-order valence-corrected chi connectivity index (χ4v) is 0.982. The van der Waals surface area contributed by atoms with Gasteiger partial charge in [-0.1, -0.05) is 6.08 Å². The lowest BCUT2D eigenvalue weighted by molar-refractivity contribution is -0.157. The van der Waals surface area contributed by atoms with E-state index in [1.807, 2.05) is 26.8 Å². The van der Waals surface area contributed by atoms with Crippen molar-refractivity contribution in [3.05, 3.63) is 12.7 Å². The summed E-state index contributed by atoms with van der Waals surface area (Å²) in [4.78, 5) is 11.5. The number of hydrogen-bond acceptors (Lipinski definition) is 2. The second-order valence-electron chi connectivity index (χ2n) is 4.55. The van der Waals surface area contributed by atoms with Crippen molar-refractivity contribution in [2.75, 3.05) is 6.54 Å². The van der Waals surface area contributed by atoms with Crippen LogP contribution in [0.15, 0.2) is 12.7 Å². The minimum absolute atomic E-state index is 0.249. The number of rotatable bonds is 6. The van der Waals surface area contributed by atoms with Gasteiger partial charge in [0, 0.05) is 6.54 Å². The van der Waals surface area contributed by atoms with E-state index >= 15 is 0 Å². The van der Waals surface area contributed by atoms with Gasteiger partial charge in [-0.2, -0.15) is 0 Å². The van der Waals surface area contributed by atoms with Crippen LogP contribution in [0.5, 0.6) is 0 Å². The van der Waals surface area contributed by atoms with E-state index in [4.69, 9.17) is 4.74 Å². The summed E-state index contributed by atoms with van der Waals surface area (Å²) in [5.74, 6) is -0.249. The summed E-state index contributed by atoms with van der Waals surface area (Å²) in [6.07, 6.45) is 3.73. The zero-order chi connectivity index (χ0) is 11.9. The topological polar surface area (TPSA) is 40.4 Å². The van der Waals surface area contributed by atoms with Gasteiger partial charge < -0.3 is 4.74 Å². The van der Waals surface area contributed by atoms with Gasteiger partial charge in [0.2, 0.25) is 0 Å². The molecule has 0 saturated heterocycles. The van der Waals surface area contributed by atoms with Crippen LogP contribution >= 0.6 is 0 Å². The second kappa shape index (κ2) is 6.62. The summed E-state index contributed by atoms with van der Waals surface area (Å²) in [5.41, 5.74) is -0.429. The molecule has 15 heavy (non-hydrogen) atoms. The van der Waals surface area contributed by atoms with Crippen LogP contribution in [0.1, 0.15) is 40.5 Å². The summed E-state index contributed by atoms with van der Waals surface area (Å²) in [7, 11) is 0. The van der Waals surface area contributed by atoms with Gasteiger partial charge in [-0.05, 0) is 40.5 Å². The molecule has 0 bridgehead atoms. The van der Waals surface area contributed by atoms with Crippen LogP contribution in [-0.4, -0.2) is 24.2 Å². The van der Waals surface area contributed by atoms with E-state index in [-0.39, 0.29) is 12.0 Å². The third kappa shape index (κ3) is 8.18. The van der Waals surface area contributed by atoms with Crippen LogP contribution in [0.3, 0.4) is 0 Å². The van der Waals surface area contributed by atoms with Crippen molar-refractivity contribution in [2.45, 2.75) is 52.2 Å². The normalized spacial score (nSPS) is 13.3. The molecular weight excluding hydrogens is 190 g/mol. The number of ether oxygens (including phenoxy) is 1. The highest BCUT2D eigenvalue weighted by atomic mass is 16.6. The molecule has 0 aromatic carbocycles. The predicted octanol–water partition coefficient (Wildman–Crippen LogP) is 2.29. The first-order chi connectivity index (χ1) is 6.87. The molecule has 0 spiro atoms. The lowest BCUT2D eigenvalue weighted by atomic mass is 10.2. The molecular formula is C12H22NO2. The summed E-state index contributed by atoms with van der Waals surface area (Å²) < 4.78 is 5.20. The highest BCUT2D eigenvalue weighted by molar-refractivity contribution is 5.75. The van der Waals surface area contributed by atoms with E-state index in [0.29, 0.717) is 6.54 Å². The Bertz CT molecular complexity index is 206. The molecule has 0 aliphatic rings. The minimum Gasteiger partial charge on any atom is -0.459 e. The van der Waals surface area contributed by atoms with Crippen LogP contribution in [0.25, 0.3) is 0 Å². The fourth-order valence-electron chi connectivity index (χ4n) is 0.982. The molecule has 0 aromatic heterocycles. The first-order valence-electron chi connectivity index (χ1n) is 5.37. The van der Waals surface area contributed by atoms with Gasteiger partial charge in [-0.15, -0.1) is 6.58 Å². The number of nitrogens with zero attached hydrogens (tertiary/aromatic N) is 1. The summed E-state index contributed by atoms with van der Waals surface area (Å²) in [6, 6.07) is -0.367. The van der Waals surface area contributed by atoms with Gasteiger partial charge in [0.1, 0.15) is 11.6 Å². The summed E-state index contributed by atoms with van der Waals surface area (Å²) in [6.45, 7) is 11.6. The Morgan fingerprint density at radius 2 is 2.13 bits per heavy atom. The zero-order valence-corrected chi connectivity index (χ0v) is 10.2. The Balaban J connectivity index is 3.74. The molecule has 0 aromatic rings.